The van der Waals surface area contributed by atoms with Gasteiger partial charge in [0.05, 0.1) is 11.0 Å². The van der Waals surface area contributed by atoms with Crippen LogP contribution in [0.5, 0.6) is 0 Å². The number of sulfonamides is 1. The molecule has 168 valence electrons. The van der Waals surface area contributed by atoms with E-state index in [2.05, 4.69) is 10.0 Å². The number of ether oxygens (including phenoxy) is 1. The van der Waals surface area contributed by atoms with E-state index < -0.39 is 40.7 Å². The van der Waals surface area contributed by atoms with Gasteiger partial charge in [-0.05, 0) is 55.7 Å². The predicted octanol–water partition coefficient (Wildman–Crippen LogP) is 2.42. The molecule has 1 amide bonds. The summed E-state index contributed by atoms with van der Waals surface area (Å²) in [6, 6.07) is 9.28. The molecule has 2 rings (SSSR count). The number of carbonyl (C=O) groups excluding carboxylic acids is 2. The molecule has 0 saturated heterocycles. The van der Waals surface area contributed by atoms with Crippen LogP contribution in [0.15, 0.2) is 47.4 Å². The Balaban J connectivity index is 2.04. The Hall–Kier alpha value is -2.46. The second kappa shape index (κ2) is 10.7. The highest BCUT2D eigenvalue weighted by Gasteiger charge is 2.31. The van der Waals surface area contributed by atoms with Gasteiger partial charge in [-0.15, -0.1) is 0 Å². The van der Waals surface area contributed by atoms with Crippen LogP contribution in [-0.2, 0) is 30.8 Å². The van der Waals surface area contributed by atoms with E-state index in [9.17, 15) is 23.1 Å². The maximum atomic E-state index is 12.5. The van der Waals surface area contributed by atoms with Gasteiger partial charge in [0, 0.05) is 10.7 Å². The fourth-order valence-corrected chi connectivity index (χ4v) is 4.18. The highest BCUT2D eigenvalue weighted by molar-refractivity contribution is 7.89. The van der Waals surface area contributed by atoms with E-state index in [1.807, 2.05) is 32.0 Å². The molecular formula is C21H25ClN2O6S. The molecule has 0 heterocycles. The van der Waals surface area contributed by atoms with Crippen molar-refractivity contribution in [1.82, 2.24) is 4.72 Å². The molecule has 0 saturated carbocycles. The lowest BCUT2D eigenvalue weighted by molar-refractivity contribution is -0.151. The average Bonchev–Trinajstić information content (AvgIpc) is 2.72. The molecule has 0 aliphatic carbocycles. The number of aliphatic hydroxyl groups excluding tert-OH is 1. The standard InChI is InChI=1S/C21H25ClN2O6S/c1-4-15-7-5-6-13(2)19(15)23-18(26)12-30-21(27)20(14(3)25)24-31(28,29)17-10-8-16(22)9-11-17/h5-11,14,20,24-25H,4,12H2,1-3H3,(H,23,26)/t14-,20+/m0/s1. The lowest BCUT2D eigenvalue weighted by atomic mass is 10.1. The van der Waals surface area contributed by atoms with Crippen LogP contribution in [0.3, 0.4) is 0 Å². The van der Waals surface area contributed by atoms with Crippen LogP contribution in [0.4, 0.5) is 5.69 Å². The van der Waals surface area contributed by atoms with Crippen molar-refractivity contribution >= 4 is 39.2 Å². The smallest absolute Gasteiger partial charge is 0.327 e. The van der Waals surface area contributed by atoms with Gasteiger partial charge in [0.2, 0.25) is 10.0 Å². The second-order valence-electron chi connectivity index (χ2n) is 6.91. The molecule has 2 atom stereocenters. The predicted molar refractivity (Wildman–Crippen MR) is 117 cm³/mol. The Kier molecular flexibility index (Phi) is 8.58. The largest absolute Gasteiger partial charge is 0.454 e. The molecule has 2 aromatic rings. The maximum Gasteiger partial charge on any atom is 0.327 e. The number of aliphatic hydroxyl groups is 1. The molecule has 0 aliphatic heterocycles. The average molecular weight is 469 g/mol. The zero-order valence-corrected chi connectivity index (χ0v) is 19.0. The number of para-hydroxylation sites is 1. The van der Waals surface area contributed by atoms with Gasteiger partial charge >= 0.3 is 5.97 Å². The minimum Gasteiger partial charge on any atom is -0.454 e. The van der Waals surface area contributed by atoms with Crippen molar-refractivity contribution in [2.45, 2.75) is 44.2 Å². The van der Waals surface area contributed by atoms with Gasteiger partial charge in [-0.3, -0.25) is 9.59 Å². The number of amides is 1. The molecule has 0 radical (unpaired) electrons. The molecule has 10 heteroatoms. The second-order valence-corrected chi connectivity index (χ2v) is 9.06. The van der Waals surface area contributed by atoms with Crippen LogP contribution in [-0.4, -0.2) is 44.2 Å². The third-order valence-electron chi connectivity index (χ3n) is 4.49. The summed E-state index contributed by atoms with van der Waals surface area (Å²) in [7, 11) is -4.14. The molecule has 0 bridgehead atoms. The van der Waals surface area contributed by atoms with E-state index in [1.165, 1.54) is 31.2 Å². The van der Waals surface area contributed by atoms with Crippen LogP contribution >= 0.6 is 11.6 Å². The molecule has 2 aromatic carbocycles. The van der Waals surface area contributed by atoms with E-state index in [4.69, 9.17) is 16.3 Å². The van der Waals surface area contributed by atoms with Crippen LogP contribution in [0, 0.1) is 6.92 Å². The van der Waals surface area contributed by atoms with Gasteiger partial charge < -0.3 is 15.2 Å². The monoisotopic (exact) mass is 468 g/mol. The van der Waals surface area contributed by atoms with Crippen LogP contribution in [0.25, 0.3) is 0 Å². The van der Waals surface area contributed by atoms with E-state index in [1.54, 1.807) is 0 Å². The van der Waals surface area contributed by atoms with Crippen molar-refractivity contribution in [3.8, 4) is 0 Å². The summed E-state index contributed by atoms with van der Waals surface area (Å²) in [5.74, 6) is -1.66. The Morgan fingerprint density at radius 2 is 1.81 bits per heavy atom. The molecule has 0 aliphatic rings. The van der Waals surface area contributed by atoms with Gasteiger partial charge in [-0.25, -0.2) is 8.42 Å². The van der Waals surface area contributed by atoms with Crippen molar-refractivity contribution in [3.05, 3.63) is 58.6 Å². The van der Waals surface area contributed by atoms with Gasteiger partial charge in [0.25, 0.3) is 5.91 Å². The Bertz CT molecular complexity index is 1040. The van der Waals surface area contributed by atoms with E-state index in [-0.39, 0.29) is 4.90 Å². The SMILES string of the molecule is CCc1cccc(C)c1NC(=O)COC(=O)[C@H](NS(=O)(=O)c1ccc(Cl)cc1)[C@H](C)O. The zero-order valence-electron chi connectivity index (χ0n) is 17.4. The summed E-state index contributed by atoms with van der Waals surface area (Å²) >= 11 is 5.76. The molecule has 0 aromatic heterocycles. The highest BCUT2D eigenvalue weighted by atomic mass is 35.5. The molecular weight excluding hydrogens is 444 g/mol. The Morgan fingerprint density at radius 1 is 1.16 bits per heavy atom. The third kappa shape index (κ3) is 6.76. The number of hydrogen-bond acceptors (Lipinski definition) is 6. The molecule has 0 spiro atoms. The molecule has 0 fully saturated rings. The van der Waals surface area contributed by atoms with Crippen molar-refractivity contribution in [2.75, 3.05) is 11.9 Å². The number of rotatable bonds is 9. The summed E-state index contributed by atoms with van der Waals surface area (Å²) in [4.78, 5) is 24.5. The number of benzene rings is 2. The first-order chi connectivity index (χ1) is 14.5. The summed E-state index contributed by atoms with van der Waals surface area (Å²) in [6.45, 7) is 4.39. The number of hydrogen-bond donors (Lipinski definition) is 3. The van der Waals surface area contributed by atoms with E-state index in [0.717, 1.165) is 11.1 Å². The number of halogens is 1. The van der Waals surface area contributed by atoms with Gasteiger partial charge in [0.1, 0.15) is 6.04 Å². The number of nitrogens with one attached hydrogen (secondary N) is 2. The number of aryl methyl sites for hydroxylation is 2. The van der Waals surface area contributed by atoms with Crippen molar-refractivity contribution in [2.24, 2.45) is 0 Å². The fourth-order valence-electron chi connectivity index (χ4n) is 2.80. The first-order valence-electron chi connectivity index (χ1n) is 9.56. The first kappa shape index (κ1) is 24.8. The summed E-state index contributed by atoms with van der Waals surface area (Å²) in [5, 5.41) is 12.9. The quantitative estimate of drug-likeness (QED) is 0.486. The summed E-state index contributed by atoms with van der Waals surface area (Å²) in [6.07, 6.45) is -0.700. The third-order valence-corrected chi connectivity index (χ3v) is 6.20. The van der Waals surface area contributed by atoms with Crippen molar-refractivity contribution in [1.29, 1.82) is 0 Å². The minimum absolute atomic E-state index is 0.139. The molecule has 8 nitrogen and oxygen atoms in total. The van der Waals surface area contributed by atoms with Gasteiger partial charge in [-0.1, -0.05) is 36.7 Å². The number of anilines is 1. The molecule has 3 N–H and O–H groups in total. The summed E-state index contributed by atoms with van der Waals surface area (Å²) in [5.41, 5.74) is 2.43. The maximum absolute atomic E-state index is 12.5. The van der Waals surface area contributed by atoms with E-state index in [0.29, 0.717) is 17.1 Å². The van der Waals surface area contributed by atoms with Gasteiger partial charge in [-0.2, -0.15) is 4.72 Å². The molecule has 0 unspecified atom stereocenters. The Morgan fingerprint density at radius 3 is 2.39 bits per heavy atom. The minimum atomic E-state index is -4.14. The fraction of sp³-hybridized carbons (Fsp3) is 0.333. The first-order valence-corrected chi connectivity index (χ1v) is 11.4. The van der Waals surface area contributed by atoms with Crippen molar-refractivity contribution < 1.29 is 27.9 Å². The highest BCUT2D eigenvalue weighted by Crippen LogP contribution is 2.21. The van der Waals surface area contributed by atoms with Crippen molar-refractivity contribution in [3.63, 3.8) is 0 Å². The zero-order chi connectivity index (χ0) is 23.2. The summed E-state index contributed by atoms with van der Waals surface area (Å²) < 4.78 is 32.1. The van der Waals surface area contributed by atoms with Crippen LogP contribution in [0.2, 0.25) is 5.02 Å². The topological polar surface area (TPSA) is 122 Å². The van der Waals surface area contributed by atoms with Crippen LogP contribution in [0.1, 0.15) is 25.0 Å². The van der Waals surface area contributed by atoms with Gasteiger partial charge in [0.15, 0.2) is 6.61 Å². The molecule has 31 heavy (non-hydrogen) atoms. The van der Waals surface area contributed by atoms with E-state index >= 15 is 0 Å². The lowest BCUT2D eigenvalue weighted by Crippen LogP contribution is -2.48. The Labute approximate surface area is 186 Å². The number of esters is 1. The lowest BCUT2D eigenvalue weighted by Gasteiger charge is -2.20. The van der Waals surface area contributed by atoms with Crippen LogP contribution < -0.4 is 10.0 Å². The number of carbonyl (C=O) groups is 2. The normalized spacial score (nSPS) is 13.3.